The second kappa shape index (κ2) is 5.46. The Morgan fingerprint density at radius 1 is 1.53 bits per heavy atom. The van der Waals surface area contributed by atoms with Crippen LogP contribution in [0.4, 0.5) is 4.39 Å². The van der Waals surface area contributed by atoms with Gasteiger partial charge >= 0.3 is 0 Å². The summed E-state index contributed by atoms with van der Waals surface area (Å²) in [6, 6.07) is 4.96. The zero-order valence-electron chi connectivity index (χ0n) is 9.83. The minimum absolute atomic E-state index is 0.0502. The zero-order valence-corrected chi connectivity index (χ0v) is 11.4. The predicted molar refractivity (Wildman–Crippen MR) is 69.1 cm³/mol. The molecule has 2 rings (SSSR count). The van der Waals surface area contributed by atoms with E-state index in [1.807, 2.05) is 0 Å². The molecule has 1 saturated heterocycles. The number of ether oxygens (including phenoxy) is 1. The zero-order chi connectivity index (χ0) is 12.4. The van der Waals surface area contributed by atoms with Crippen molar-refractivity contribution in [1.29, 1.82) is 0 Å². The molecule has 2 N–H and O–H groups in total. The summed E-state index contributed by atoms with van der Waals surface area (Å²) >= 11 is 3.20. The molecule has 0 saturated carbocycles. The van der Waals surface area contributed by atoms with Crippen molar-refractivity contribution >= 4 is 15.9 Å². The topological polar surface area (TPSA) is 35.2 Å². The van der Waals surface area contributed by atoms with Gasteiger partial charge in [0.1, 0.15) is 5.82 Å². The lowest BCUT2D eigenvalue weighted by molar-refractivity contribution is 0.0154. The highest BCUT2D eigenvalue weighted by Crippen LogP contribution is 2.33. The Morgan fingerprint density at radius 3 is 2.94 bits per heavy atom. The van der Waals surface area contributed by atoms with Crippen LogP contribution in [-0.2, 0) is 4.74 Å². The van der Waals surface area contributed by atoms with Crippen LogP contribution in [0.2, 0.25) is 0 Å². The van der Waals surface area contributed by atoms with E-state index in [1.165, 1.54) is 6.07 Å². The summed E-state index contributed by atoms with van der Waals surface area (Å²) in [4.78, 5) is 0. The van der Waals surface area contributed by atoms with Crippen molar-refractivity contribution in [1.82, 2.24) is 0 Å². The van der Waals surface area contributed by atoms with Crippen LogP contribution in [0.3, 0.4) is 0 Å². The maximum Gasteiger partial charge on any atom is 0.137 e. The molecule has 0 aromatic heterocycles. The van der Waals surface area contributed by atoms with Crippen LogP contribution in [0.1, 0.15) is 24.9 Å². The lowest BCUT2D eigenvalue weighted by Crippen LogP contribution is -2.33. The summed E-state index contributed by atoms with van der Waals surface area (Å²) in [5.41, 5.74) is 7.26. The summed E-state index contributed by atoms with van der Waals surface area (Å²) in [6.07, 6.45) is 0.970. The first kappa shape index (κ1) is 13.0. The molecule has 3 unspecified atom stereocenters. The van der Waals surface area contributed by atoms with Crippen LogP contribution in [0.25, 0.3) is 0 Å². The van der Waals surface area contributed by atoms with Gasteiger partial charge in [-0.1, -0.05) is 13.0 Å². The van der Waals surface area contributed by atoms with E-state index in [4.69, 9.17) is 10.5 Å². The number of hydrogen-bond acceptors (Lipinski definition) is 2. The summed E-state index contributed by atoms with van der Waals surface area (Å²) in [5, 5.41) is 0. The highest BCUT2D eigenvalue weighted by atomic mass is 79.9. The van der Waals surface area contributed by atoms with Gasteiger partial charge in [0.05, 0.1) is 4.47 Å². The average Bonchev–Trinajstić information content (AvgIpc) is 2.32. The number of hydrogen-bond donors (Lipinski definition) is 1. The van der Waals surface area contributed by atoms with Gasteiger partial charge in [-0.05, 0) is 51.9 Å². The summed E-state index contributed by atoms with van der Waals surface area (Å²) < 4.78 is 19.1. The summed E-state index contributed by atoms with van der Waals surface area (Å²) in [7, 11) is 0. The third-order valence-electron chi connectivity index (χ3n) is 3.50. The van der Waals surface area contributed by atoms with E-state index in [0.29, 0.717) is 16.3 Å². The summed E-state index contributed by atoms with van der Waals surface area (Å²) in [6.45, 7) is 3.69. The van der Waals surface area contributed by atoms with Gasteiger partial charge in [-0.2, -0.15) is 0 Å². The van der Waals surface area contributed by atoms with Crippen molar-refractivity contribution in [3.05, 3.63) is 34.1 Å². The Balaban J connectivity index is 2.17. The molecule has 0 amide bonds. The molecule has 0 radical (unpaired) electrons. The monoisotopic (exact) mass is 301 g/mol. The Labute approximate surface area is 109 Å². The quantitative estimate of drug-likeness (QED) is 0.910. The average molecular weight is 302 g/mol. The molecule has 4 heteroatoms. The normalized spacial score (nSPS) is 26.8. The maximum atomic E-state index is 13.2. The number of benzene rings is 1. The van der Waals surface area contributed by atoms with Crippen LogP contribution in [0.5, 0.6) is 0 Å². The van der Waals surface area contributed by atoms with Gasteiger partial charge in [-0.25, -0.2) is 4.39 Å². The standard InChI is InChI=1S/C13H17BrFNO/c1-8-7-17-5-4-10(8)13(16)9-2-3-12(15)11(14)6-9/h2-3,6,8,10,13H,4-5,7,16H2,1H3. The van der Waals surface area contributed by atoms with E-state index < -0.39 is 0 Å². The number of rotatable bonds is 2. The lowest BCUT2D eigenvalue weighted by atomic mass is 9.81. The molecule has 94 valence electrons. The van der Waals surface area contributed by atoms with Gasteiger partial charge in [0.15, 0.2) is 0 Å². The molecule has 1 aromatic carbocycles. The van der Waals surface area contributed by atoms with Crippen LogP contribution in [-0.4, -0.2) is 13.2 Å². The van der Waals surface area contributed by atoms with E-state index in [0.717, 1.165) is 25.2 Å². The molecule has 0 spiro atoms. The van der Waals surface area contributed by atoms with Crippen molar-refractivity contribution in [2.24, 2.45) is 17.6 Å². The first-order valence-electron chi connectivity index (χ1n) is 5.88. The van der Waals surface area contributed by atoms with Gasteiger partial charge in [0.2, 0.25) is 0 Å². The van der Waals surface area contributed by atoms with Gasteiger partial charge in [-0.3, -0.25) is 0 Å². The van der Waals surface area contributed by atoms with E-state index in [9.17, 15) is 4.39 Å². The van der Waals surface area contributed by atoms with Crippen molar-refractivity contribution in [3.8, 4) is 0 Å². The van der Waals surface area contributed by atoms with E-state index in [2.05, 4.69) is 22.9 Å². The molecule has 0 bridgehead atoms. The lowest BCUT2D eigenvalue weighted by Gasteiger charge is -2.33. The highest BCUT2D eigenvalue weighted by molar-refractivity contribution is 9.10. The fourth-order valence-corrected chi connectivity index (χ4v) is 2.79. The minimum atomic E-state index is -0.249. The third kappa shape index (κ3) is 2.87. The Bertz CT molecular complexity index is 399. The second-order valence-electron chi connectivity index (χ2n) is 4.70. The molecule has 1 aliphatic rings. The van der Waals surface area contributed by atoms with Gasteiger partial charge in [-0.15, -0.1) is 0 Å². The highest BCUT2D eigenvalue weighted by Gasteiger charge is 2.28. The molecule has 1 heterocycles. The molecule has 1 aromatic rings. The molecular formula is C13H17BrFNO. The fourth-order valence-electron chi connectivity index (χ4n) is 2.40. The van der Waals surface area contributed by atoms with Crippen molar-refractivity contribution in [2.45, 2.75) is 19.4 Å². The molecular weight excluding hydrogens is 285 g/mol. The van der Waals surface area contributed by atoms with E-state index in [-0.39, 0.29) is 11.9 Å². The largest absolute Gasteiger partial charge is 0.381 e. The van der Waals surface area contributed by atoms with Crippen LogP contribution < -0.4 is 5.73 Å². The fraction of sp³-hybridized carbons (Fsp3) is 0.538. The predicted octanol–water partition coefficient (Wildman–Crippen LogP) is 3.26. The third-order valence-corrected chi connectivity index (χ3v) is 4.10. The smallest absolute Gasteiger partial charge is 0.137 e. The first-order valence-corrected chi connectivity index (χ1v) is 6.67. The Kier molecular flexibility index (Phi) is 4.17. The Morgan fingerprint density at radius 2 is 2.29 bits per heavy atom. The van der Waals surface area contributed by atoms with Gasteiger partial charge in [0, 0.05) is 19.3 Å². The molecule has 1 aliphatic heterocycles. The maximum absolute atomic E-state index is 13.2. The van der Waals surface area contributed by atoms with Crippen LogP contribution in [0.15, 0.2) is 22.7 Å². The second-order valence-corrected chi connectivity index (χ2v) is 5.56. The molecule has 17 heavy (non-hydrogen) atoms. The molecule has 2 nitrogen and oxygen atoms in total. The van der Waals surface area contributed by atoms with Crippen molar-refractivity contribution in [2.75, 3.05) is 13.2 Å². The molecule has 3 atom stereocenters. The van der Waals surface area contributed by atoms with Crippen LogP contribution >= 0.6 is 15.9 Å². The van der Waals surface area contributed by atoms with Crippen molar-refractivity contribution < 1.29 is 9.13 Å². The SMILES string of the molecule is CC1COCCC1C(N)c1ccc(F)c(Br)c1. The number of halogens is 2. The van der Waals surface area contributed by atoms with Crippen molar-refractivity contribution in [3.63, 3.8) is 0 Å². The Hall–Kier alpha value is -0.450. The van der Waals surface area contributed by atoms with E-state index in [1.54, 1.807) is 12.1 Å². The summed E-state index contributed by atoms with van der Waals surface area (Å²) in [5.74, 6) is 0.602. The minimum Gasteiger partial charge on any atom is -0.381 e. The van der Waals surface area contributed by atoms with E-state index >= 15 is 0 Å². The molecule has 0 aliphatic carbocycles. The van der Waals surface area contributed by atoms with Crippen LogP contribution in [0, 0.1) is 17.7 Å². The number of nitrogens with two attached hydrogens (primary N) is 1. The molecule has 1 fully saturated rings. The van der Waals surface area contributed by atoms with Gasteiger partial charge < -0.3 is 10.5 Å². The first-order chi connectivity index (χ1) is 8.09. The van der Waals surface area contributed by atoms with Gasteiger partial charge in [0.25, 0.3) is 0 Å².